The van der Waals surface area contributed by atoms with Crippen molar-refractivity contribution in [1.82, 2.24) is 15.6 Å². The van der Waals surface area contributed by atoms with Crippen LogP contribution in [0, 0.1) is 11.8 Å². The number of nitrogens with one attached hydrogen (secondary N) is 3. The molecule has 0 radical (unpaired) electrons. The first-order valence-electron chi connectivity index (χ1n) is 9.74. The van der Waals surface area contributed by atoms with E-state index in [1.165, 1.54) is 34.9 Å². The summed E-state index contributed by atoms with van der Waals surface area (Å²) in [5, 5.41) is 7.84. The van der Waals surface area contributed by atoms with E-state index in [0.717, 1.165) is 25.9 Å². The van der Waals surface area contributed by atoms with Gasteiger partial charge in [0.1, 0.15) is 0 Å². The lowest BCUT2D eigenvalue weighted by Crippen LogP contribution is -2.36. The van der Waals surface area contributed by atoms with Crippen molar-refractivity contribution >= 4 is 29.2 Å². The van der Waals surface area contributed by atoms with Crippen molar-refractivity contribution in [3.63, 3.8) is 0 Å². The molecular formula is C21H32ClN3O. The maximum absolute atomic E-state index is 12.2. The molecule has 3 rings (SSSR count). The molecule has 144 valence electrons. The molecule has 2 aromatic rings. The molecule has 5 heteroatoms. The first-order valence-corrected chi connectivity index (χ1v) is 9.74. The van der Waals surface area contributed by atoms with E-state index >= 15 is 0 Å². The van der Waals surface area contributed by atoms with Crippen LogP contribution in [0.4, 0.5) is 0 Å². The van der Waals surface area contributed by atoms with E-state index in [2.05, 4.69) is 53.9 Å². The molecule has 1 saturated heterocycles. The minimum atomic E-state index is 0. The summed E-state index contributed by atoms with van der Waals surface area (Å²) in [6.07, 6.45) is 7.11. The molecule has 2 unspecified atom stereocenters. The molecule has 1 aromatic carbocycles. The van der Waals surface area contributed by atoms with Crippen LogP contribution in [0.25, 0.3) is 10.9 Å². The summed E-state index contributed by atoms with van der Waals surface area (Å²) < 4.78 is 0. The van der Waals surface area contributed by atoms with E-state index in [0.29, 0.717) is 24.8 Å². The second-order valence-corrected chi connectivity index (χ2v) is 7.39. The minimum Gasteiger partial charge on any atom is -0.361 e. The average Bonchev–Trinajstić information content (AvgIpc) is 3.05. The number of piperidine rings is 1. The van der Waals surface area contributed by atoms with Gasteiger partial charge in [-0.3, -0.25) is 4.79 Å². The largest absolute Gasteiger partial charge is 0.361 e. The Morgan fingerprint density at radius 2 is 2.19 bits per heavy atom. The number of halogens is 1. The van der Waals surface area contributed by atoms with Gasteiger partial charge in [-0.25, -0.2) is 0 Å². The fourth-order valence-electron chi connectivity index (χ4n) is 4.01. The Labute approximate surface area is 162 Å². The van der Waals surface area contributed by atoms with Crippen LogP contribution < -0.4 is 10.6 Å². The maximum atomic E-state index is 12.2. The first kappa shape index (κ1) is 20.8. The normalized spacial score (nSPS) is 18.3. The highest BCUT2D eigenvalue weighted by Crippen LogP contribution is 2.23. The van der Waals surface area contributed by atoms with Gasteiger partial charge in [-0.2, -0.15) is 0 Å². The summed E-state index contributed by atoms with van der Waals surface area (Å²) in [5.74, 6) is 1.28. The molecule has 0 aliphatic carbocycles. The highest BCUT2D eigenvalue weighted by Gasteiger charge is 2.21. The van der Waals surface area contributed by atoms with Gasteiger partial charge < -0.3 is 15.6 Å². The van der Waals surface area contributed by atoms with Crippen LogP contribution in [0.1, 0.15) is 44.2 Å². The van der Waals surface area contributed by atoms with Gasteiger partial charge in [0.15, 0.2) is 0 Å². The lowest BCUT2D eigenvalue weighted by atomic mass is 9.85. The summed E-state index contributed by atoms with van der Waals surface area (Å²) >= 11 is 0. The number of fused-ring (bicyclic) bond motifs is 1. The van der Waals surface area contributed by atoms with Crippen molar-refractivity contribution in [3.05, 3.63) is 35.5 Å². The van der Waals surface area contributed by atoms with Crippen LogP contribution in [-0.4, -0.2) is 30.5 Å². The maximum Gasteiger partial charge on any atom is 0.220 e. The number of hydrogen-bond donors (Lipinski definition) is 3. The molecule has 26 heavy (non-hydrogen) atoms. The number of benzene rings is 1. The van der Waals surface area contributed by atoms with Gasteiger partial charge in [0.05, 0.1) is 0 Å². The van der Waals surface area contributed by atoms with Crippen molar-refractivity contribution in [2.45, 2.75) is 46.0 Å². The fourth-order valence-corrected chi connectivity index (χ4v) is 4.01. The SMILES string of the molecule is CCc1cccc2c(CCNC(=O)CC(C)C3CCCNC3)c[nH]c12.Cl. The lowest BCUT2D eigenvalue weighted by Gasteiger charge is -2.28. The van der Waals surface area contributed by atoms with Crippen molar-refractivity contribution in [1.29, 1.82) is 0 Å². The molecule has 4 nitrogen and oxygen atoms in total. The molecular weight excluding hydrogens is 346 g/mol. The first-order chi connectivity index (χ1) is 12.2. The van der Waals surface area contributed by atoms with E-state index < -0.39 is 0 Å². The Kier molecular flexibility index (Phi) is 7.98. The zero-order valence-corrected chi connectivity index (χ0v) is 16.8. The van der Waals surface area contributed by atoms with Crippen molar-refractivity contribution in [2.75, 3.05) is 19.6 Å². The molecule has 1 fully saturated rings. The molecule has 1 aliphatic rings. The van der Waals surface area contributed by atoms with Crippen LogP contribution >= 0.6 is 12.4 Å². The standard InChI is InChI=1S/C21H31N3O.ClH/c1-3-16-6-4-8-19-18(14-24-21(16)19)9-11-23-20(25)12-15(2)17-7-5-10-22-13-17;/h4,6,8,14-15,17,22,24H,3,5,7,9-13H2,1-2H3,(H,23,25);1H. The number of aryl methyl sites for hydroxylation is 1. The summed E-state index contributed by atoms with van der Waals surface area (Å²) in [6.45, 7) is 7.28. The summed E-state index contributed by atoms with van der Waals surface area (Å²) in [4.78, 5) is 15.7. The Hall–Kier alpha value is -1.52. The van der Waals surface area contributed by atoms with Gasteiger partial charge in [0.2, 0.25) is 5.91 Å². The number of hydrogen-bond acceptors (Lipinski definition) is 2. The summed E-state index contributed by atoms with van der Waals surface area (Å²) in [7, 11) is 0. The number of rotatable bonds is 7. The van der Waals surface area contributed by atoms with Crippen LogP contribution in [-0.2, 0) is 17.6 Å². The highest BCUT2D eigenvalue weighted by atomic mass is 35.5. The van der Waals surface area contributed by atoms with Crippen molar-refractivity contribution in [2.24, 2.45) is 11.8 Å². The number of H-pyrrole nitrogens is 1. The van der Waals surface area contributed by atoms with Gasteiger partial charge >= 0.3 is 0 Å². The van der Waals surface area contributed by atoms with Crippen LogP contribution in [0.5, 0.6) is 0 Å². The topological polar surface area (TPSA) is 56.9 Å². The van der Waals surface area contributed by atoms with Gasteiger partial charge in [-0.15, -0.1) is 12.4 Å². The van der Waals surface area contributed by atoms with Crippen molar-refractivity contribution < 1.29 is 4.79 Å². The predicted octanol–water partition coefficient (Wildman–Crippen LogP) is 3.84. The van der Waals surface area contributed by atoms with Crippen LogP contribution in [0.3, 0.4) is 0 Å². The zero-order valence-electron chi connectivity index (χ0n) is 15.9. The molecule has 1 aliphatic heterocycles. The lowest BCUT2D eigenvalue weighted by molar-refractivity contribution is -0.122. The third kappa shape index (κ3) is 5.01. The molecule has 1 amide bonds. The Morgan fingerprint density at radius 1 is 1.35 bits per heavy atom. The third-order valence-electron chi connectivity index (χ3n) is 5.63. The molecule has 2 heterocycles. The van der Waals surface area contributed by atoms with Crippen LogP contribution in [0.15, 0.2) is 24.4 Å². The van der Waals surface area contributed by atoms with E-state index in [1.54, 1.807) is 0 Å². The zero-order chi connectivity index (χ0) is 17.6. The summed E-state index contributed by atoms with van der Waals surface area (Å²) in [6, 6.07) is 6.46. The number of para-hydroxylation sites is 1. The van der Waals surface area contributed by atoms with E-state index in [9.17, 15) is 4.79 Å². The van der Waals surface area contributed by atoms with Gasteiger partial charge in [0.25, 0.3) is 0 Å². The highest BCUT2D eigenvalue weighted by molar-refractivity contribution is 5.86. The molecule has 0 saturated carbocycles. The number of carbonyl (C=O) groups is 1. The summed E-state index contributed by atoms with van der Waals surface area (Å²) in [5.41, 5.74) is 3.88. The average molecular weight is 378 g/mol. The van der Waals surface area contributed by atoms with Crippen LogP contribution in [0.2, 0.25) is 0 Å². The minimum absolute atomic E-state index is 0. The number of amides is 1. The Bertz CT molecular complexity index is 706. The molecule has 1 aromatic heterocycles. The number of carbonyl (C=O) groups excluding carboxylic acids is 1. The molecule has 3 N–H and O–H groups in total. The number of aromatic nitrogens is 1. The smallest absolute Gasteiger partial charge is 0.220 e. The second-order valence-electron chi connectivity index (χ2n) is 7.39. The van der Waals surface area contributed by atoms with Gasteiger partial charge in [-0.1, -0.05) is 32.0 Å². The van der Waals surface area contributed by atoms with E-state index in [-0.39, 0.29) is 18.3 Å². The van der Waals surface area contributed by atoms with E-state index in [1.807, 2.05) is 0 Å². The molecule has 0 bridgehead atoms. The van der Waals surface area contributed by atoms with E-state index in [4.69, 9.17) is 0 Å². The quantitative estimate of drug-likeness (QED) is 0.686. The van der Waals surface area contributed by atoms with Gasteiger partial charge in [-0.05, 0) is 61.7 Å². The van der Waals surface area contributed by atoms with Gasteiger partial charge in [0, 0.05) is 30.1 Å². The predicted molar refractivity (Wildman–Crippen MR) is 111 cm³/mol. The molecule has 2 atom stereocenters. The molecule has 0 spiro atoms. The monoisotopic (exact) mass is 377 g/mol. The fraction of sp³-hybridized carbons (Fsp3) is 0.571. The Morgan fingerprint density at radius 3 is 2.92 bits per heavy atom. The Balaban J connectivity index is 0.00000243. The second kappa shape index (κ2) is 9.98. The number of aromatic amines is 1. The van der Waals surface area contributed by atoms with Crippen molar-refractivity contribution in [3.8, 4) is 0 Å². The third-order valence-corrected chi connectivity index (χ3v) is 5.63.